The molecule has 0 radical (unpaired) electrons. The Bertz CT molecular complexity index is 1470. The van der Waals surface area contributed by atoms with Crippen LogP contribution in [-0.2, 0) is 32.3 Å². The molecule has 1 N–H and O–H groups in total. The number of nitrogens with one attached hydrogen (secondary N) is 1. The number of amides is 2. The van der Waals surface area contributed by atoms with E-state index in [2.05, 4.69) is 5.32 Å². The van der Waals surface area contributed by atoms with Gasteiger partial charge in [-0.05, 0) is 68.3 Å². The molecule has 2 amide bonds. The molecule has 0 unspecified atom stereocenters. The summed E-state index contributed by atoms with van der Waals surface area (Å²) < 4.78 is 74.0. The predicted molar refractivity (Wildman–Crippen MR) is 153 cm³/mol. The number of ether oxygens (including phenoxy) is 1. The minimum absolute atomic E-state index is 0.0697. The molecule has 3 rings (SSSR count). The molecule has 3 aromatic carbocycles. The van der Waals surface area contributed by atoms with Gasteiger partial charge in [0.2, 0.25) is 11.8 Å². The van der Waals surface area contributed by atoms with Crippen LogP contribution in [0.25, 0.3) is 0 Å². The molecule has 226 valence electrons. The number of nitrogens with zero attached hydrogens (tertiary/aromatic N) is 2. The first-order valence-corrected chi connectivity index (χ1v) is 14.7. The van der Waals surface area contributed by atoms with Crippen LogP contribution in [0.5, 0.6) is 5.75 Å². The first kappa shape index (κ1) is 32.5. The molecule has 0 aliphatic rings. The third-order valence-electron chi connectivity index (χ3n) is 6.75. The maximum Gasteiger partial charge on any atom is 0.416 e. The molecule has 0 heterocycles. The molecule has 12 heteroatoms. The topological polar surface area (TPSA) is 96.0 Å². The normalized spacial score (nSPS) is 13.1. The summed E-state index contributed by atoms with van der Waals surface area (Å²) >= 11 is 0. The largest absolute Gasteiger partial charge is 0.497 e. The first-order chi connectivity index (χ1) is 19.8. The highest BCUT2D eigenvalue weighted by Crippen LogP contribution is 2.33. The third kappa shape index (κ3) is 8.03. The van der Waals surface area contributed by atoms with E-state index in [0.29, 0.717) is 28.1 Å². The summed E-state index contributed by atoms with van der Waals surface area (Å²) in [6.45, 7) is 4.29. The summed E-state index contributed by atoms with van der Waals surface area (Å²) in [5.74, 6) is -0.666. The van der Waals surface area contributed by atoms with Gasteiger partial charge in [0.15, 0.2) is 0 Å². The van der Waals surface area contributed by atoms with Crippen molar-refractivity contribution in [2.75, 3.05) is 18.0 Å². The van der Waals surface area contributed by atoms with Crippen molar-refractivity contribution in [2.24, 2.45) is 0 Å². The van der Waals surface area contributed by atoms with Gasteiger partial charge in [0.25, 0.3) is 10.0 Å². The Kier molecular flexibility index (Phi) is 10.6. The highest BCUT2D eigenvalue weighted by molar-refractivity contribution is 7.92. The molecular formula is C30H34F3N3O5S. The molecule has 3 aromatic rings. The molecule has 0 saturated heterocycles. The minimum atomic E-state index is -4.74. The number of rotatable bonds is 12. The van der Waals surface area contributed by atoms with E-state index < -0.39 is 46.2 Å². The number of hydrogen-bond acceptors (Lipinski definition) is 5. The lowest BCUT2D eigenvalue weighted by Crippen LogP contribution is -2.52. The maximum absolute atomic E-state index is 13.9. The number of anilines is 1. The smallest absolute Gasteiger partial charge is 0.416 e. The average molecular weight is 606 g/mol. The summed E-state index contributed by atoms with van der Waals surface area (Å²) in [4.78, 5) is 28.0. The molecule has 2 atom stereocenters. The first-order valence-electron chi connectivity index (χ1n) is 13.3. The summed E-state index contributed by atoms with van der Waals surface area (Å²) in [7, 11) is -2.99. The van der Waals surface area contributed by atoms with E-state index in [9.17, 15) is 31.2 Å². The van der Waals surface area contributed by atoms with Gasteiger partial charge in [-0.2, -0.15) is 13.2 Å². The lowest BCUT2D eigenvalue weighted by molar-refractivity contribution is -0.139. The van der Waals surface area contributed by atoms with Crippen molar-refractivity contribution in [1.82, 2.24) is 10.2 Å². The second kappa shape index (κ2) is 13.7. The zero-order valence-electron chi connectivity index (χ0n) is 23.8. The zero-order valence-corrected chi connectivity index (χ0v) is 24.6. The van der Waals surface area contributed by atoms with Crippen molar-refractivity contribution in [1.29, 1.82) is 0 Å². The molecule has 8 nitrogen and oxygen atoms in total. The molecule has 0 fully saturated rings. The monoisotopic (exact) mass is 605 g/mol. The van der Waals surface area contributed by atoms with Gasteiger partial charge in [0.05, 0.1) is 23.3 Å². The van der Waals surface area contributed by atoms with Crippen LogP contribution in [0.1, 0.15) is 38.3 Å². The fourth-order valence-electron chi connectivity index (χ4n) is 4.06. The van der Waals surface area contributed by atoms with E-state index in [1.165, 1.54) is 49.3 Å². The maximum atomic E-state index is 13.9. The van der Waals surface area contributed by atoms with Gasteiger partial charge in [0.1, 0.15) is 18.3 Å². The number of carbonyl (C=O) groups is 2. The van der Waals surface area contributed by atoms with Crippen molar-refractivity contribution < 1.29 is 35.9 Å². The van der Waals surface area contributed by atoms with Crippen LogP contribution in [0.2, 0.25) is 0 Å². The van der Waals surface area contributed by atoms with Gasteiger partial charge in [0, 0.05) is 12.6 Å². The number of alkyl halides is 3. The molecule has 42 heavy (non-hydrogen) atoms. The summed E-state index contributed by atoms with van der Waals surface area (Å²) in [6.07, 6.45) is -4.10. The van der Waals surface area contributed by atoms with Gasteiger partial charge in [-0.25, -0.2) is 8.42 Å². The van der Waals surface area contributed by atoms with Gasteiger partial charge in [-0.15, -0.1) is 0 Å². The quantitative estimate of drug-likeness (QED) is 0.305. The summed E-state index contributed by atoms with van der Waals surface area (Å²) in [5, 5.41) is 2.82. The van der Waals surface area contributed by atoms with E-state index in [4.69, 9.17) is 4.74 Å². The number of benzene rings is 3. The van der Waals surface area contributed by atoms with Crippen molar-refractivity contribution >= 4 is 27.5 Å². The fourth-order valence-corrected chi connectivity index (χ4v) is 5.49. The number of sulfonamides is 1. The van der Waals surface area contributed by atoms with Crippen molar-refractivity contribution in [2.45, 2.75) is 56.9 Å². The summed E-state index contributed by atoms with van der Waals surface area (Å²) in [5.41, 5.74) is -0.788. The SMILES string of the molecule is CC[C@@H](C)NC(=O)[C@@H](C)N(Cc1ccc(OC)cc1)C(=O)CN(c1cccc(C(F)(F)F)c1)S(=O)(=O)c1ccccc1. The molecule has 0 saturated carbocycles. The van der Waals surface area contributed by atoms with Crippen LogP contribution in [0, 0.1) is 0 Å². The molecular weight excluding hydrogens is 571 g/mol. The van der Waals surface area contributed by atoms with E-state index in [1.54, 1.807) is 30.3 Å². The standard InChI is InChI=1S/C30H34F3N3O5S/c1-5-21(2)34-29(38)22(3)35(19-23-14-16-26(41-4)17-15-23)28(37)20-36(42(39,40)27-12-7-6-8-13-27)25-11-9-10-24(18-25)30(31,32)33/h6-18,21-22H,5,19-20H2,1-4H3,(H,34,38)/t21-,22-/m1/s1. The molecule has 0 aliphatic carbocycles. The number of hydrogen-bond donors (Lipinski definition) is 1. The Hall–Kier alpha value is -4.06. The van der Waals surface area contributed by atoms with Crippen LogP contribution in [0.3, 0.4) is 0 Å². The highest BCUT2D eigenvalue weighted by Gasteiger charge is 2.35. The Morgan fingerprint density at radius 3 is 2.17 bits per heavy atom. The Morgan fingerprint density at radius 2 is 1.60 bits per heavy atom. The van der Waals surface area contributed by atoms with Crippen LogP contribution in [-0.4, -0.2) is 50.9 Å². The minimum Gasteiger partial charge on any atom is -0.497 e. The van der Waals surface area contributed by atoms with Crippen molar-refractivity contribution in [3.63, 3.8) is 0 Å². The van der Waals surface area contributed by atoms with Gasteiger partial charge >= 0.3 is 6.18 Å². The summed E-state index contributed by atoms with van der Waals surface area (Å²) in [6, 6.07) is 16.4. The molecule has 0 aromatic heterocycles. The van der Waals surface area contributed by atoms with E-state index in [0.717, 1.165) is 12.1 Å². The Morgan fingerprint density at radius 1 is 0.952 bits per heavy atom. The van der Waals surface area contributed by atoms with Crippen molar-refractivity contribution in [3.8, 4) is 5.75 Å². The van der Waals surface area contributed by atoms with Gasteiger partial charge < -0.3 is 15.0 Å². The Labute approximate surface area is 244 Å². The number of methoxy groups -OCH3 is 1. The second-order valence-corrected chi connectivity index (χ2v) is 11.6. The van der Waals surface area contributed by atoms with Crippen LogP contribution < -0.4 is 14.4 Å². The highest BCUT2D eigenvalue weighted by atomic mass is 32.2. The lowest BCUT2D eigenvalue weighted by Gasteiger charge is -2.32. The molecule has 0 bridgehead atoms. The van der Waals surface area contributed by atoms with Gasteiger partial charge in [-0.1, -0.05) is 43.3 Å². The van der Waals surface area contributed by atoms with Crippen LogP contribution in [0.4, 0.5) is 18.9 Å². The lowest BCUT2D eigenvalue weighted by atomic mass is 10.1. The van der Waals surface area contributed by atoms with E-state index >= 15 is 0 Å². The average Bonchev–Trinajstić information content (AvgIpc) is 2.98. The third-order valence-corrected chi connectivity index (χ3v) is 8.54. The number of carbonyl (C=O) groups excluding carboxylic acids is 2. The van der Waals surface area contributed by atoms with E-state index in [-0.39, 0.29) is 23.2 Å². The van der Waals surface area contributed by atoms with Crippen molar-refractivity contribution in [3.05, 3.63) is 90.0 Å². The Balaban J connectivity index is 2.07. The van der Waals surface area contributed by atoms with E-state index in [1.807, 2.05) is 13.8 Å². The van der Waals surface area contributed by atoms with Crippen LogP contribution in [0.15, 0.2) is 83.8 Å². The number of halogens is 3. The molecule has 0 aliphatic heterocycles. The van der Waals surface area contributed by atoms with Gasteiger partial charge in [-0.3, -0.25) is 13.9 Å². The zero-order chi connectivity index (χ0) is 31.1. The second-order valence-electron chi connectivity index (χ2n) is 9.74. The predicted octanol–water partition coefficient (Wildman–Crippen LogP) is 5.24. The molecule has 0 spiro atoms. The van der Waals surface area contributed by atoms with Crippen LogP contribution >= 0.6 is 0 Å². The fraction of sp³-hybridized carbons (Fsp3) is 0.333.